The topological polar surface area (TPSA) is 112 Å². The Morgan fingerprint density at radius 1 is 0.759 bits per heavy atom. The summed E-state index contributed by atoms with van der Waals surface area (Å²) < 4.78 is 0. The molecule has 0 rings (SSSR count). The van der Waals surface area contributed by atoms with Crippen LogP contribution >= 0.6 is 0 Å². The average molecular weight is 415 g/mol. The minimum absolute atomic E-state index is 0.169. The Labute approximate surface area is 176 Å². The van der Waals surface area contributed by atoms with Crippen molar-refractivity contribution in [1.82, 2.24) is 0 Å². The van der Waals surface area contributed by atoms with E-state index in [0.29, 0.717) is 12.3 Å². The zero-order chi connectivity index (χ0) is 22.6. The van der Waals surface area contributed by atoms with Gasteiger partial charge in [-0.25, -0.2) is 0 Å². The van der Waals surface area contributed by atoms with Crippen molar-refractivity contribution in [2.75, 3.05) is 0 Å². The third kappa shape index (κ3) is 11.2. The minimum atomic E-state index is -1.57. The Balaban J connectivity index is 4.41. The number of carbonyl (C=O) groups is 3. The van der Waals surface area contributed by atoms with Gasteiger partial charge < -0.3 is 15.3 Å². The molecule has 0 bridgehead atoms. The van der Waals surface area contributed by atoms with Crippen LogP contribution in [0.5, 0.6) is 0 Å². The van der Waals surface area contributed by atoms with Gasteiger partial charge in [-0.05, 0) is 31.1 Å². The van der Waals surface area contributed by atoms with Crippen molar-refractivity contribution >= 4 is 17.9 Å². The fourth-order valence-corrected chi connectivity index (χ4v) is 3.99. The molecule has 0 aliphatic rings. The van der Waals surface area contributed by atoms with E-state index in [-0.39, 0.29) is 6.42 Å². The van der Waals surface area contributed by atoms with Gasteiger partial charge in [0.2, 0.25) is 0 Å². The smallest absolute Gasteiger partial charge is 0.310 e. The van der Waals surface area contributed by atoms with E-state index in [1.165, 1.54) is 32.6 Å². The van der Waals surface area contributed by atoms with E-state index in [4.69, 9.17) is 5.11 Å². The maximum Gasteiger partial charge on any atom is 0.310 e. The Kier molecular flexibility index (Phi) is 12.9. The molecule has 0 saturated carbocycles. The second-order valence-electron chi connectivity index (χ2n) is 9.57. The standard InChI is InChI=1S/C23H42O6/c1-16(2)9-6-10-17(3)11-7-12-18(4)13-8-14-23(5,22(28)29)19(21(26)27)15-20(24)25/h16-19H,6-15H2,1-5H3,(H,24,25)(H,26,27)(H,28,29). The van der Waals surface area contributed by atoms with E-state index in [0.717, 1.165) is 31.1 Å². The Hall–Kier alpha value is -1.59. The van der Waals surface area contributed by atoms with Crippen LogP contribution in [0, 0.1) is 29.1 Å². The summed E-state index contributed by atoms with van der Waals surface area (Å²) in [5.74, 6) is -3.40. The minimum Gasteiger partial charge on any atom is -0.481 e. The van der Waals surface area contributed by atoms with Crippen LogP contribution in [0.2, 0.25) is 0 Å². The summed E-state index contributed by atoms with van der Waals surface area (Å²) in [7, 11) is 0. The molecule has 6 nitrogen and oxygen atoms in total. The molecule has 0 fully saturated rings. The first-order valence-corrected chi connectivity index (χ1v) is 11.1. The lowest BCUT2D eigenvalue weighted by atomic mass is 9.71. The fourth-order valence-electron chi connectivity index (χ4n) is 3.99. The molecule has 29 heavy (non-hydrogen) atoms. The van der Waals surface area contributed by atoms with Gasteiger partial charge in [0.25, 0.3) is 0 Å². The van der Waals surface area contributed by atoms with Gasteiger partial charge in [-0.15, -0.1) is 0 Å². The molecule has 0 aliphatic carbocycles. The SMILES string of the molecule is CC(C)CCCC(C)CCCC(C)CCCC(C)(C(=O)O)C(CC(=O)O)C(=O)O. The highest BCUT2D eigenvalue weighted by Crippen LogP contribution is 2.37. The summed E-state index contributed by atoms with van der Waals surface area (Å²) in [6, 6.07) is 0. The van der Waals surface area contributed by atoms with Crippen LogP contribution in [0.15, 0.2) is 0 Å². The Morgan fingerprint density at radius 2 is 1.21 bits per heavy atom. The molecule has 6 heteroatoms. The van der Waals surface area contributed by atoms with Gasteiger partial charge >= 0.3 is 17.9 Å². The normalized spacial score (nSPS) is 16.8. The van der Waals surface area contributed by atoms with E-state index in [1.54, 1.807) is 0 Å². The zero-order valence-corrected chi connectivity index (χ0v) is 18.9. The van der Waals surface area contributed by atoms with Crippen molar-refractivity contribution in [2.45, 2.75) is 98.8 Å². The third-order valence-corrected chi connectivity index (χ3v) is 6.20. The van der Waals surface area contributed by atoms with Gasteiger partial charge in [-0.2, -0.15) is 0 Å². The van der Waals surface area contributed by atoms with Crippen LogP contribution in [0.25, 0.3) is 0 Å². The maximum absolute atomic E-state index is 11.7. The number of aliphatic carboxylic acids is 3. The predicted molar refractivity (Wildman–Crippen MR) is 114 cm³/mol. The van der Waals surface area contributed by atoms with Crippen LogP contribution in [-0.4, -0.2) is 33.2 Å². The van der Waals surface area contributed by atoms with Crippen molar-refractivity contribution < 1.29 is 29.7 Å². The van der Waals surface area contributed by atoms with Crippen molar-refractivity contribution in [1.29, 1.82) is 0 Å². The average Bonchev–Trinajstić information content (AvgIpc) is 2.58. The fraction of sp³-hybridized carbons (Fsp3) is 0.870. The second-order valence-corrected chi connectivity index (χ2v) is 9.57. The lowest BCUT2D eigenvalue weighted by Crippen LogP contribution is -2.41. The van der Waals surface area contributed by atoms with Crippen molar-refractivity contribution in [2.24, 2.45) is 29.1 Å². The van der Waals surface area contributed by atoms with Crippen LogP contribution < -0.4 is 0 Å². The van der Waals surface area contributed by atoms with Gasteiger partial charge in [-0.3, -0.25) is 14.4 Å². The number of hydrogen-bond acceptors (Lipinski definition) is 3. The van der Waals surface area contributed by atoms with E-state index < -0.39 is 35.7 Å². The van der Waals surface area contributed by atoms with E-state index in [1.807, 2.05) is 0 Å². The maximum atomic E-state index is 11.7. The van der Waals surface area contributed by atoms with Crippen LogP contribution in [-0.2, 0) is 14.4 Å². The first kappa shape index (κ1) is 27.4. The van der Waals surface area contributed by atoms with Gasteiger partial charge in [0.1, 0.15) is 0 Å². The highest BCUT2D eigenvalue weighted by atomic mass is 16.4. The summed E-state index contributed by atoms with van der Waals surface area (Å²) in [5.41, 5.74) is -1.57. The molecule has 0 heterocycles. The summed E-state index contributed by atoms with van der Waals surface area (Å²) in [6.45, 7) is 10.3. The largest absolute Gasteiger partial charge is 0.481 e. The molecule has 3 N–H and O–H groups in total. The van der Waals surface area contributed by atoms with Gasteiger partial charge in [0, 0.05) is 0 Å². The Morgan fingerprint density at radius 3 is 1.59 bits per heavy atom. The number of hydrogen-bond donors (Lipinski definition) is 3. The molecule has 0 radical (unpaired) electrons. The molecule has 4 atom stereocenters. The molecule has 0 aromatic carbocycles. The van der Waals surface area contributed by atoms with Crippen molar-refractivity contribution in [3.8, 4) is 0 Å². The second kappa shape index (κ2) is 13.6. The molecular formula is C23H42O6. The van der Waals surface area contributed by atoms with E-state index >= 15 is 0 Å². The van der Waals surface area contributed by atoms with E-state index in [2.05, 4.69) is 27.7 Å². The predicted octanol–water partition coefficient (Wildman–Crippen LogP) is 5.69. The molecule has 0 amide bonds. The number of carboxylic acids is 3. The highest BCUT2D eigenvalue weighted by molar-refractivity contribution is 5.86. The number of rotatable bonds is 17. The molecule has 0 aliphatic heterocycles. The van der Waals surface area contributed by atoms with Crippen LogP contribution in [0.1, 0.15) is 98.8 Å². The first-order valence-electron chi connectivity index (χ1n) is 11.1. The van der Waals surface area contributed by atoms with Crippen molar-refractivity contribution in [3.63, 3.8) is 0 Å². The van der Waals surface area contributed by atoms with Gasteiger partial charge in [0.15, 0.2) is 0 Å². The lowest BCUT2D eigenvalue weighted by Gasteiger charge is -2.30. The monoisotopic (exact) mass is 414 g/mol. The van der Waals surface area contributed by atoms with Crippen LogP contribution in [0.4, 0.5) is 0 Å². The van der Waals surface area contributed by atoms with Gasteiger partial charge in [0.05, 0.1) is 17.8 Å². The molecule has 0 spiro atoms. The highest BCUT2D eigenvalue weighted by Gasteiger charge is 2.46. The van der Waals surface area contributed by atoms with Crippen LogP contribution in [0.3, 0.4) is 0 Å². The summed E-state index contributed by atoms with van der Waals surface area (Å²) >= 11 is 0. The summed E-state index contributed by atoms with van der Waals surface area (Å²) in [5, 5.41) is 27.9. The third-order valence-electron chi connectivity index (χ3n) is 6.20. The number of carboxylic acid groups (broad SMARTS) is 3. The van der Waals surface area contributed by atoms with Gasteiger partial charge in [-0.1, -0.05) is 79.1 Å². The molecule has 4 unspecified atom stereocenters. The summed E-state index contributed by atoms with van der Waals surface area (Å²) in [4.78, 5) is 34.2. The molecule has 0 aromatic rings. The molecular weight excluding hydrogens is 372 g/mol. The summed E-state index contributed by atoms with van der Waals surface area (Å²) in [6.07, 6.45) is 8.16. The first-order chi connectivity index (χ1) is 13.4. The van der Waals surface area contributed by atoms with E-state index in [9.17, 15) is 24.6 Å². The molecule has 0 aromatic heterocycles. The molecule has 170 valence electrons. The molecule has 0 saturated heterocycles. The lowest BCUT2D eigenvalue weighted by molar-refractivity contribution is -0.165. The Bertz CT molecular complexity index is 515. The van der Waals surface area contributed by atoms with Crippen molar-refractivity contribution in [3.05, 3.63) is 0 Å². The quantitative estimate of drug-likeness (QED) is 0.282. The zero-order valence-electron chi connectivity index (χ0n) is 18.9.